The summed E-state index contributed by atoms with van der Waals surface area (Å²) in [4.78, 5) is 0. The molecule has 1 aliphatic rings. The van der Waals surface area contributed by atoms with Crippen LogP contribution in [-0.2, 0) is 4.74 Å². The predicted octanol–water partition coefficient (Wildman–Crippen LogP) is 2.67. The Balaban J connectivity index is 2.40. The maximum atomic E-state index is 13.6. The van der Waals surface area contributed by atoms with E-state index in [2.05, 4.69) is 0 Å². The Labute approximate surface area is 97.6 Å². The van der Waals surface area contributed by atoms with E-state index in [-0.39, 0.29) is 5.56 Å². The van der Waals surface area contributed by atoms with Crippen molar-refractivity contribution in [2.24, 2.45) is 5.73 Å². The van der Waals surface area contributed by atoms with Gasteiger partial charge in [-0.1, -0.05) is 0 Å². The zero-order valence-electron chi connectivity index (χ0n) is 9.47. The molecule has 2 nitrogen and oxygen atoms in total. The van der Waals surface area contributed by atoms with E-state index in [1.54, 1.807) is 6.92 Å². The molecule has 5 heteroatoms. The van der Waals surface area contributed by atoms with Crippen LogP contribution in [0.25, 0.3) is 0 Å². The molecule has 1 aliphatic heterocycles. The van der Waals surface area contributed by atoms with Crippen molar-refractivity contribution in [3.8, 4) is 0 Å². The van der Waals surface area contributed by atoms with E-state index in [0.29, 0.717) is 25.2 Å². The first-order valence-electron chi connectivity index (χ1n) is 5.48. The zero-order chi connectivity index (χ0) is 12.6. The molecule has 1 heterocycles. The maximum absolute atomic E-state index is 13.6. The fourth-order valence-corrected chi connectivity index (χ4v) is 2.20. The highest BCUT2D eigenvalue weighted by Gasteiger charge is 2.39. The molecule has 0 spiro atoms. The minimum atomic E-state index is -0.966. The minimum Gasteiger partial charge on any atom is -0.373 e. The fraction of sp³-hybridized carbons (Fsp3) is 0.500. The summed E-state index contributed by atoms with van der Waals surface area (Å²) in [6, 6.07) is 0.332. The monoisotopic (exact) mass is 245 g/mol. The molecule has 17 heavy (non-hydrogen) atoms. The summed E-state index contributed by atoms with van der Waals surface area (Å²) in [5.41, 5.74) is 4.76. The van der Waals surface area contributed by atoms with Crippen LogP contribution >= 0.6 is 0 Å². The summed E-state index contributed by atoms with van der Waals surface area (Å²) in [6.07, 6.45) is 1.43. The van der Waals surface area contributed by atoms with Crippen LogP contribution in [0.1, 0.15) is 31.4 Å². The lowest BCUT2D eigenvalue weighted by molar-refractivity contribution is -0.00351. The Bertz CT molecular complexity index is 407. The van der Waals surface area contributed by atoms with Crippen molar-refractivity contribution in [3.63, 3.8) is 0 Å². The third kappa shape index (κ3) is 2.17. The van der Waals surface area contributed by atoms with E-state index < -0.39 is 29.1 Å². The van der Waals surface area contributed by atoms with Crippen LogP contribution in [0.5, 0.6) is 0 Å². The second-order valence-corrected chi connectivity index (χ2v) is 4.53. The number of nitrogens with two attached hydrogens (primary N) is 1. The Morgan fingerprint density at radius 3 is 2.35 bits per heavy atom. The highest BCUT2D eigenvalue weighted by molar-refractivity contribution is 5.26. The first-order chi connectivity index (χ1) is 7.94. The van der Waals surface area contributed by atoms with Gasteiger partial charge < -0.3 is 10.5 Å². The summed E-state index contributed by atoms with van der Waals surface area (Å²) in [7, 11) is 0. The Morgan fingerprint density at radius 2 is 1.88 bits per heavy atom. The third-order valence-corrected chi connectivity index (χ3v) is 3.26. The van der Waals surface area contributed by atoms with Crippen LogP contribution in [-0.4, -0.2) is 12.2 Å². The van der Waals surface area contributed by atoms with Gasteiger partial charge in [0, 0.05) is 24.3 Å². The van der Waals surface area contributed by atoms with E-state index in [0.717, 1.165) is 6.42 Å². The van der Waals surface area contributed by atoms with Gasteiger partial charge in [0.05, 0.1) is 11.6 Å². The van der Waals surface area contributed by atoms with Gasteiger partial charge in [-0.05, 0) is 19.8 Å². The summed E-state index contributed by atoms with van der Waals surface area (Å²) < 4.78 is 45.4. The molecule has 0 bridgehead atoms. The van der Waals surface area contributed by atoms with Gasteiger partial charge in [0.1, 0.15) is 17.5 Å². The topological polar surface area (TPSA) is 35.2 Å². The van der Waals surface area contributed by atoms with Gasteiger partial charge in [-0.25, -0.2) is 13.2 Å². The third-order valence-electron chi connectivity index (χ3n) is 3.26. The molecule has 1 fully saturated rings. The van der Waals surface area contributed by atoms with Gasteiger partial charge in [0.15, 0.2) is 0 Å². The number of ether oxygens (including phenoxy) is 1. The van der Waals surface area contributed by atoms with Gasteiger partial charge in [-0.3, -0.25) is 0 Å². The van der Waals surface area contributed by atoms with Crippen molar-refractivity contribution < 1.29 is 17.9 Å². The average Bonchev–Trinajstić information content (AvgIpc) is 2.64. The fourth-order valence-electron chi connectivity index (χ4n) is 2.20. The molecule has 1 aromatic rings. The van der Waals surface area contributed by atoms with Crippen LogP contribution in [0.2, 0.25) is 0 Å². The molecule has 2 atom stereocenters. The van der Waals surface area contributed by atoms with E-state index in [1.807, 2.05) is 0 Å². The van der Waals surface area contributed by atoms with Gasteiger partial charge in [0.2, 0.25) is 0 Å². The van der Waals surface area contributed by atoms with Crippen LogP contribution in [0, 0.1) is 17.5 Å². The lowest BCUT2D eigenvalue weighted by atomic mass is 9.88. The van der Waals surface area contributed by atoms with Gasteiger partial charge >= 0.3 is 0 Å². The number of rotatable bonds is 2. The van der Waals surface area contributed by atoms with E-state index in [1.165, 1.54) is 0 Å². The summed E-state index contributed by atoms with van der Waals surface area (Å²) >= 11 is 0. The smallest absolute Gasteiger partial charge is 0.133 e. The Hall–Kier alpha value is -1.07. The quantitative estimate of drug-likeness (QED) is 0.869. The lowest BCUT2D eigenvalue weighted by Crippen LogP contribution is -2.38. The molecular formula is C12H14F3NO. The van der Waals surface area contributed by atoms with Crippen LogP contribution in [0.4, 0.5) is 13.2 Å². The highest BCUT2D eigenvalue weighted by Crippen LogP contribution is 2.37. The molecule has 0 amide bonds. The number of benzene rings is 1. The molecule has 2 N–H and O–H groups in total. The summed E-state index contributed by atoms with van der Waals surface area (Å²) in [5, 5.41) is 0. The molecule has 94 valence electrons. The number of halogens is 3. The van der Waals surface area contributed by atoms with E-state index in [9.17, 15) is 13.2 Å². The number of hydrogen-bond donors (Lipinski definition) is 1. The molecule has 1 aromatic carbocycles. The second kappa shape index (κ2) is 4.31. The molecule has 2 unspecified atom stereocenters. The minimum absolute atomic E-state index is 0.309. The van der Waals surface area contributed by atoms with Crippen LogP contribution in [0.15, 0.2) is 12.1 Å². The summed E-state index contributed by atoms with van der Waals surface area (Å²) in [6.45, 7) is 2.24. The molecule has 0 aromatic heterocycles. The van der Waals surface area contributed by atoms with Gasteiger partial charge in [-0.2, -0.15) is 0 Å². The molecule has 0 saturated carbocycles. The lowest BCUT2D eigenvalue weighted by Gasteiger charge is -2.31. The van der Waals surface area contributed by atoms with Crippen molar-refractivity contribution in [2.75, 3.05) is 6.61 Å². The van der Waals surface area contributed by atoms with Gasteiger partial charge in [-0.15, -0.1) is 0 Å². The van der Waals surface area contributed by atoms with Crippen LogP contribution in [0.3, 0.4) is 0 Å². The van der Waals surface area contributed by atoms with Crippen molar-refractivity contribution in [1.29, 1.82) is 0 Å². The van der Waals surface area contributed by atoms with E-state index >= 15 is 0 Å². The molecular weight excluding hydrogens is 231 g/mol. The molecule has 0 radical (unpaired) electrons. The highest BCUT2D eigenvalue weighted by atomic mass is 19.1. The van der Waals surface area contributed by atoms with Crippen LogP contribution < -0.4 is 5.73 Å². The van der Waals surface area contributed by atoms with Crippen molar-refractivity contribution in [3.05, 3.63) is 35.1 Å². The zero-order valence-corrected chi connectivity index (χ0v) is 9.47. The second-order valence-electron chi connectivity index (χ2n) is 4.53. The first-order valence-corrected chi connectivity index (χ1v) is 5.48. The van der Waals surface area contributed by atoms with Gasteiger partial charge in [0.25, 0.3) is 0 Å². The molecule has 0 aliphatic carbocycles. The number of hydrogen-bond acceptors (Lipinski definition) is 2. The standard InChI is InChI=1S/C12H14F3NO/c1-12(3-2-4-17-12)11(16)10-8(14)5-7(13)6-9(10)15/h5-6,11H,2-4,16H2,1H3. The first kappa shape index (κ1) is 12.4. The summed E-state index contributed by atoms with van der Waals surface area (Å²) in [5.74, 6) is -2.88. The SMILES string of the molecule is CC1(C(N)c2c(F)cc(F)cc2F)CCCO1. The molecule has 2 rings (SSSR count). The largest absolute Gasteiger partial charge is 0.373 e. The van der Waals surface area contributed by atoms with Crippen molar-refractivity contribution >= 4 is 0 Å². The van der Waals surface area contributed by atoms with E-state index in [4.69, 9.17) is 10.5 Å². The Kier molecular flexibility index (Phi) is 3.14. The average molecular weight is 245 g/mol. The Morgan fingerprint density at radius 1 is 1.29 bits per heavy atom. The normalized spacial score (nSPS) is 26.2. The van der Waals surface area contributed by atoms with Crippen molar-refractivity contribution in [2.45, 2.75) is 31.4 Å². The maximum Gasteiger partial charge on any atom is 0.133 e. The molecule has 1 saturated heterocycles. The van der Waals surface area contributed by atoms with Crippen molar-refractivity contribution in [1.82, 2.24) is 0 Å². The predicted molar refractivity (Wildman–Crippen MR) is 56.8 cm³/mol.